The van der Waals surface area contributed by atoms with Crippen molar-refractivity contribution >= 4 is 5.91 Å². The van der Waals surface area contributed by atoms with Crippen molar-refractivity contribution in [3.05, 3.63) is 65.0 Å². The molecule has 0 bridgehead atoms. The van der Waals surface area contributed by atoms with E-state index in [1.807, 2.05) is 0 Å². The number of carbonyl (C=O) groups is 1. The van der Waals surface area contributed by atoms with E-state index in [2.05, 4.69) is 52.7 Å². The van der Waals surface area contributed by atoms with E-state index in [0.717, 1.165) is 51.7 Å². The molecular weight excluding hydrogens is 454 g/mol. The zero-order valence-electron chi connectivity index (χ0n) is 22.3. The number of benzene rings is 1. The molecule has 1 amide bonds. The van der Waals surface area contributed by atoms with Crippen LogP contribution in [0.1, 0.15) is 105 Å². The van der Waals surface area contributed by atoms with Crippen LogP contribution < -0.4 is 5.32 Å². The molecule has 4 heteroatoms. The summed E-state index contributed by atoms with van der Waals surface area (Å²) >= 11 is 0. The predicted octanol–water partition coefficient (Wildman–Crippen LogP) is 6.11. The maximum absolute atomic E-state index is 14.6. The van der Waals surface area contributed by atoms with Gasteiger partial charge in [-0.1, -0.05) is 55.7 Å². The fraction of sp³-hybridized carbons (Fsp3) is 0.636. The van der Waals surface area contributed by atoms with Crippen LogP contribution in [0.2, 0.25) is 0 Å². The van der Waals surface area contributed by atoms with Crippen molar-refractivity contribution in [3.63, 3.8) is 0 Å². The first kappa shape index (κ1) is 23.9. The highest BCUT2D eigenvalue weighted by Gasteiger charge is 2.53. The summed E-state index contributed by atoms with van der Waals surface area (Å²) < 4.78 is 0. The van der Waals surface area contributed by atoms with E-state index in [-0.39, 0.29) is 11.3 Å². The summed E-state index contributed by atoms with van der Waals surface area (Å²) in [5, 5.41) is 3.70. The second kappa shape index (κ2) is 9.84. The Morgan fingerprint density at radius 1 is 0.919 bits per heavy atom. The molecule has 2 aliphatic heterocycles. The quantitative estimate of drug-likeness (QED) is 0.555. The van der Waals surface area contributed by atoms with Gasteiger partial charge in [-0.3, -0.25) is 9.78 Å². The van der Waals surface area contributed by atoms with E-state index < -0.39 is 0 Å². The molecule has 2 aromatic rings. The average Bonchev–Trinajstić information content (AvgIpc) is 3.74. The van der Waals surface area contributed by atoms with Gasteiger partial charge in [0.1, 0.15) is 0 Å². The summed E-state index contributed by atoms with van der Waals surface area (Å²) in [5.74, 6) is 2.40. The number of carbonyl (C=O) groups excluding carboxylic acids is 1. The SMILES string of the molecule is O=C(C1CNCC12CCCc1nc(C3CC3)ccc12)N1CCC(c2ccccc2)CC1C1CCCCC1. The third kappa shape index (κ3) is 4.33. The van der Waals surface area contributed by atoms with Crippen LogP contribution in [0.4, 0.5) is 0 Å². The van der Waals surface area contributed by atoms with Crippen LogP contribution in [0, 0.1) is 11.8 Å². The molecule has 196 valence electrons. The standard InChI is InChI=1S/C33H43N3O/c37-32(28-21-34-22-33(28)18-7-12-30-27(33)15-16-29(35-30)24-13-14-24)36-19-17-26(23-8-3-1-4-9-23)20-31(36)25-10-5-2-6-11-25/h1,3-4,8-9,15-16,24-26,28,31,34H,2,5-7,10-14,17-22H2. The number of hydrogen-bond donors (Lipinski definition) is 1. The lowest BCUT2D eigenvalue weighted by Crippen LogP contribution is -2.55. The average molecular weight is 498 g/mol. The summed E-state index contributed by atoms with van der Waals surface area (Å²) in [5.41, 5.74) is 5.37. The minimum Gasteiger partial charge on any atom is -0.339 e. The Kier molecular flexibility index (Phi) is 6.35. The molecule has 4 unspecified atom stereocenters. The van der Waals surface area contributed by atoms with Crippen molar-refractivity contribution in [2.45, 2.75) is 100 Å². The summed E-state index contributed by atoms with van der Waals surface area (Å²) in [7, 11) is 0. The normalized spacial score (nSPS) is 32.4. The number of fused-ring (bicyclic) bond motifs is 2. The summed E-state index contributed by atoms with van der Waals surface area (Å²) in [4.78, 5) is 22.2. The third-order valence-electron chi connectivity index (χ3n) is 10.7. The Labute approximate surface area is 222 Å². The molecule has 37 heavy (non-hydrogen) atoms. The number of aryl methyl sites for hydroxylation is 1. The van der Waals surface area contributed by atoms with Crippen molar-refractivity contribution in [1.29, 1.82) is 0 Å². The van der Waals surface area contributed by atoms with Crippen LogP contribution in [0.15, 0.2) is 42.5 Å². The highest BCUT2D eigenvalue weighted by Crippen LogP contribution is 2.48. The van der Waals surface area contributed by atoms with Crippen LogP contribution in [0.5, 0.6) is 0 Å². The molecule has 3 aliphatic carbocycles. The van der Waals surface area contributed by atoms with E-state index in [4.69, 9.17) is 4.98 Å². The minimum absolute atomic E-state index is 0.0412. The molecule has 1 aromatic heterocycles. The first-order valence-electron chi connectivity index (χ1n) is 15.3. The molecule has 4 atom stereocenters. The molecule has 3 heterocycles. The molecule has 4 fully saturated rings. The van der Waals surface area contributed by atoms with E-state index in [1.165, 1.54) is 67.5 Å². The topological polar surface area (TPSA) is 45.2 Å². The third-order valence-corrected chi connectivity index (χ3v) is 10.7. The predicted molar refractivity (Wildman–Crippen MR) is 148 cm³/mol. The maximum Gasteiger partial charge on any atom is 0.228 e. The number of pyridine rings is 1. The molecule has 2 saturated heterocycles. The Morgan fingerprint density at radius 3 is 2.57 bits per heavy atom. The Bertz CT molecular complexity index is 1120. The van der Waals surface area contributed by atoms with Crippen LogP contribution in [-0.2, 0) is 16.6 Å². The molecule has 2 saturated carbocycles. The summed E-state index contributed by atoms with van der Waals surface area (Å²) in [6.07, 6.45) is 14.8. The van der Waals surface area contributed by atoms with Crippen LogP contribution in [0.3, 0.4) is 0 Å². The molecule has 4 nitrogen and oxygen atoms in total. The van der Waals surface area contributed by atoms with Gasteiger partial charge in [-0.05, 0) is 86.8 Å². The first-order chi connectivity index (χ1) is 18.2. The number of aromatic nitrogens is 1. The highest BCUT2D eigenvalue weighted by molar-refractivity contribution is 5.82. The molecule has 5 aliphatic rings. The van der Waals surface area contributed by atoms with E-state index in [1.54, 1.807) is 0 Å². The van der Waals surface area contributed by atoms with Crippen molar-refractivity contribution in [3.8, 4) is 0 Å². The van der Waals surface area contributed by atoms with Crippen molar-refractivity contribution in [2.24, 2.45) is 11.8 Å². The van der Waals surface area contributed by atoms with Crippen LogP contribution >= 0.6 is 0 Å². The molecule has 0 radical (unpaired) electrons. The fourth-order valence-electron chi connectivity index (χ4n) is 8.57. The van der Waals surface area contributed by atoms with Crippen LogP contribution in [0.25, 0.3) is 0 Å². The van der Waals surface area contributed by atoms with Gasteiger partial charge in [0.15, 0.2) is 0 Å². The highest BCUT2D eigenvalue weighted by atomic mass is 16.2. The van der Waals surface area contributed by atoms with Crippen molar-refractivity contribution in [2.75, 3.05) is 19.6 Å². The smallest absolute Gasteiger partial charge is 0.228 e. The van der Waals surface area contributed by atoms with Gasteiger partial charge in [-0.2, -0.15) is 0 Å². The Balaban J connectivity index is 1.18. The number of piperidine rings is 1. The zero-order valence-corrected chi connectivity index (χ0v) is 22.3. The van der Waals surface area contributed by atoms with Gasteiger partial charge < -0.3 is 10.2 Å². The molecule has 1 aromatic carbocycles. The number of rotatable bonds is 4. The van der Waals surface area contributed by atoms with Gasteiger partial charge in [0.25, 0.3) is 0 Å². The number of nitrogens with zero attached hydrogens (tertiary/aromatic N) is 2. The van der Waals surface area contributed by atoms with Gasteiger partial charge in [0, 0.05) is 48.4 Å². The van der Waals surface area contributed by atoms with Gasteiger partial charge in [-0.25, -0.2) is 0 Å². The van der Waals surface area contributed by atoms with Gasteiger partial charge in [0.2, 0.25) is 5.91 Å². The molecule has 1 spiro atoms. The molecule has 7 rings (SSSR count). The fourth-order valence-corrected chi connectivity index (χ4v) is 8.57. The van der Waals surface area contributed by atoms with Gasteiger partial charge in [0.05, 0.1) is 5.92 Å². The second-order valence-corrected chi connectivity index (χ2v) is 12.8. The van der Waals surface area contributed by atoms with Crippen molar-refractivity contribution in [1.82, 2.24) is 15.2 Å². The number of amides is 1. The minimum atomic E-state index is -0.0762. The lowest BCUT2D eigenvalue weighted by molar-refractivity contribution is -0.143. The van der Waals surface area contributed by atoms with Crippen molar-refractivity contribution < 1.29 is 4.79 Å². The van der Waals surface area contributed by atoms with Gasteiger partial charge in [-0.15, -0.1) is 0 Å². The van der Waals surface area contributed by atoms with Crippen LogP contribution in [-0.4, -0.2) is 41.5 Å². The lowest BCUT2D eigenvalue weighted by atomic mass is 9.64. The Morgan fingerprint density at radius 2 is 1.76 bits per heavy atom. The number of hydrogen-bond acceptors (Lipinski definition) is 3. The number of likely N-dealkylation sites (tertiary alicyclic amines) is 1. The molecular formula is C33H43N3O. The summed E-state index contributed by atoms with van der Waals surface area (Å²) in [6.45, 7) is 2.66. The monoisotopic (exact) mass is 497 g/mol. The van der Waals surface area contributed by atoms with E-state index >= 15 is 0 Å². The molecule has 1 N–H and O–H groups in total. The summed E-state index contributed by atoms with van der Waals surface area (Å²) in [6, 6.07) is 16.2. The second-order valence-electron chi connectivity index (χ2n) is 12.8. The Hall–Kier alpha value is -2.20. The van der Waals surface area contributed by atoms with E-state index in [9.17, 15) is 4.79 Å². The van der Waals surface area contributed by atoms with Gasteiger partial charge >= 0.3 is 0 Å². The largest absolute Gasteiger partial charge is 0.339 e. The number of nitrogens with one attached hydrogen (secondary N) is 1. The maximum atomic E-state index is 14.6. The first-order valence-corrected chi connectivity index (χ1v) is 15.3. The van der Waals surface area contributed by atoms with E-state index in [0.29, 0.717) is 29.7 Å². The zero-order chi connectivity index (χ0) is 24.8. The lowest BCUT2D eigenvalue weighted by Gasteiger charge is -2.48.